The van der Waals surface area contributed by atoms with Gasteiger partial charge in [0.05, 0.1) is 18.1 Å². The lowest BCUT2D eigenvalue weighted by Gasteiger charge is -2.40. The van der Waals surface area contributed by atoms with E-state index in [1.165, 1.54) is 16.4 Å². The van der Waals surface area contributed by atoms with Gasteiger partial charge in [-0.3, -0.25) is 4.79 Å². The first-order valence-corrected chi connectivity index (χ1v) is 10.1. The van der Waals surface area contributed by atoms with E-state index in [1.807, 2.05) is 4.90 Å². The Morgan fingerprint density at radius 3 is 2.68 bits per heavy atom. The summed E-state index contributed by atoms with van der Waals surface area (Å²) in [5.74, 6) is 0.893. The van der Waals surface area contributed by atoms with Crippen molar-refractivity contribution in [3.8, 4) is 11.5 Å². The van der Waals surface area contributed by atoms with Crippen molar-refractivity contribution in [2.75, 3.05) is 26.3 Å². The van der Waals surface area contributed by atoms with Crippen LogP contribution in [0.3, 0.4) is 0 Å². The highest BCUT2D eigenvalue weighted by atomic mass is 32.2. The quantitative estimate of drug-likeness (QED) is 0.787. The van der Waals surface area contributed by atoms with Gasteiger partial charge >= 0.3 is 0 Å². The van der Waals surface area contributed by atoms with Crippen LogP contribution in [-0.4, -0.2) is 61.9 Å². The lowest BCUT2D eigenvalue weighted by Crippen LogP contribution is -2.59. The Morgan fingerprint density at radius 1 is 1.12 bits per heavy atom. The van der Waals surface area contributed by atoms with Crippen LogP contribution in [0.2, 0.25) is 0 Å². The largest absolute Gasteiger partial charge is 0.490 e. The van der Waals surface area contributed by atoms with E-state index in [0.29, 0.717) is 31.3 Å². The molecule has 0 aromatic heterocycles. The van der Waals surface area contributed by atoms with E-state index in [0.717, 1.165) is 25.8 Å². The van der Waals surface area contributed by atoms with E-state index in [1.54, 1.807) is 13.0 Å². The third-order valence-corrected chi connectivity index (χ3v) is 7.10. The smallest absolute Gasteiger partial charge is 0.244 e. The van der Waals surface area contributed by atoms with E-state index in [-0.39, 0.29) is 16.8 Å². The zero-order chi connectivity index (χ0) is 17.6. The molecule has 0 spiro atoms. The molecule has 2 fully saturated rings. The van der Waals surface area contributed by atoms with Gasteiger partial charge < -0.3 is 14.4 Å². The average Bonchev–Trinajstić information content (AvgIpc) is 2.94. The maximum Gasteiger partial charge on any atom is 0.244 e. The van der Waals surface area contributed by atoms with Crippen LogP contribution in [0, 0.1) is 0 Å². The molecule has 0 N–H and O–H groups in total. The topological polar surface area (TPSA) is 76.2 Å². The van der Waals surface area contributed by atoms with Crippen molar-refractivity contribution in [1.29, 1.82) is 0 Å². The van der Waals surface area contributed by atoms with Crippen LogP contribution < -0.4 is 9.47 Å². The summed E-state index contributed by atoms with van der Waals surface area (Å²) in [7, 11) is -3.78. The second-order valence-corrected chi connectivity index (χ2v) is 8.63. The second kappa shape index (κ2) is 6.17. The van der Waals surface area contributed by atoms with Crippen molar-refractivity contribution in [2.24, 2.45) is 0 Å². The Bertz CT molecular complexity index is 794. The predicted octanol–water partition coefficient (Wildman–Crippen LogP) is 1.23. The highest BCUT2D eigenvalue weighted by Crippen LogP contribution is 2.35. The summed E-state index contributed by atoms with van der Waals surface area (Å²) in [4.78, 5) is 14.5. The van der Waals surface area contributed by atoms with Crippen LogP contribution in [0.15, 0.2) is 23.1 Å². The van der Waals surface area contributed by atoms with Crippen molar-refractivity contribution in [3.05, 3.63) is 18.2 Å². The third-order valence-electron chi connectivity index (χ3n) is 5.17. The highest BCUT2D eigenvalue weighted by Gasteiger charge is 2.45. The summed E-state index contributed by atoms with van der Waals surface area (Å²) < 4.78 is 38.8. The minimum Gasteiger partial charge on any atom is -0.490 e. The van der Waals surface area contributed by atoms with Crippen LogP contribution in [-0.2, 0) is 14.8 Å². The predicted molar refractivity (Wildman–Crippen MR) is 90.1 cm³/mol. The molecule has 0 unspecified atom stereocenters. The Kier molecular flexibility index (Phi) is 4.11. The van der Waals surface area contributed by atoms with E-state index in [2.05, 4.69) is 0 Å². The van der Waals surface area contributed by atoms with E-state index in [4.69, 9.17) is 9.47 Å². The zero-order valence-corrected chi connectivity index (χ0v) is 15.0. The standard InChI is InChI=1S/C17H22N2O5S/c1-12-17(20)18-7-2-4-13(18)11-19(12)25(21,22)14-5-6-15-16(10-14)24-9-3-8-23-15/h5-6,10,12-13H,2-4,7-9,11H2,1H3/t12-,13-/m0/s1. The van der Waals surface area contributed by atoms with Gasteiger partial charge in [0.25, 0.3) is 0 Å². The van der Waals surface area contributed by atoms with Crippen molar-refractivity contribution >= 4 is 15.9 Å². The minimum atomic E-state index is -3.78. The van der Waals surface area contributed by atoms with E-state index < -0.39 is 16.1 Å². The number of carbonyl (C=O) groups is 1. The molecule has 136 valence electrons. The molecule has 3 aliphatic rings. The molecule has 3 aliphatic heterocycles. The lowest BCUT2D eigenvalue weighted by molar-refractivity contribution is -0.139. The minimum absolute atomic E-state index is 0.0149. The number of nitrogens with zero attached hydrogens (tertiary/aromatic N) is 2. The molecule has 4 rings (SSSR count). The van der Waals surface area contributed by atoms with Crippen molar-refractivity contribution in [2.45, 2.75) is 43.2 Å². The second-order valence-electron chi connectivity index (χ2n) is 6.74. The van der Waals surface area contributed by atoms with Gasteiger partial charge in [-0.25, -0.2) is 8.42 Å². The number of hydrogen-bond donors (Lipinski definition) is 0. The molecule has 2 atom stereocenters. The fourth-order valence-corrected chi connectivity index (χ4v) is 5.43. The van der Waals surface area contributed by atoms with Gasteiger partial charge in [0.1, 0.15) is 6.04 Å². The number of benzene rings is 1. The van der Waals surface area contributed by atoms with Crippen LogP contribution in [0.5, 0.6) is 11.5 Å². The van der Waals surface area contributed by atoms with Gasteiger partial charge in [0.15, 0.2) is 11.5 Å². The number of hydrogen-bond acceptors (Lipinski definition) is 5. The molecule has 0 bridgehead atoms. The summed E-state index contributed by atoms with van der Waals surface area (Å²) in [6, 6.07) is 3.97. The Balaban J connectivity index is 1.67. The van der Waals surface area contributed by atoms with Crippen LogP contribution in [0.25, 0.3) is 0 Å². The van der Waals surface area contributed by atoms with Crippen LogP contribution >= 0.6 is 0 Å². The maximum atomic E-state index is 13.2. The number of ether oxygens (including phenoxy) is 2. The Hall–Kier alpha value is -1.80. The first-order chi connectivity index (χ1) is 12.0. The molecule has 1 aromatic carbocycles. The number of amides is 1. The van der Waals surface area contributed by atoms with Crippen molar-refractivity contribution in [3.63, 3.8) is 0 Å². The number of rotatable bonds is 2. The maximum absolute atomic E-state index is 13.2. The normalized spacial score (nSPS) is 27.1. The Labute approximate surface area is 147 Å². The SMILES string of the molecule is C[C@H]1C(=O)N2CCC[C@H]2CN1S(=O)(=O)c1ccc2c(c1)OCCCO2. The van der Waals surface area contributed by atoms with Gasteiger partial charge in [0.2, 0.25) is 15.9 Å². The molecule has 1 amide bonds. The summed E-state index contributed by atoms with van der Waals surface area (Å²) in [6.07, 6.45) is 2.54. The van der Waals surface area contributed by atoms with E-state index in [9.17, 15) is 13.2 Å². The molecule has 0 aliphatic carbocycles. The molecule has 25 heavy (non-hydrogen) atoms. The highest BCUT2D eigenvalue weighted by molar-refractivity contribution is 7.89. The molecular formula is C17H22N2O5S. The number of piperazine rings is 1. The van der Waals surface area contributed by atoms with Crippen molar-refractivity contribution in [1.82, 2.24) is 9.21 Å². The number of carbonyl (C=O) groups excluding carboxylic acids is 1. The summed E-state index contributed by atoms with van der Waals surface area (Å²) in [6.45, 7) is 3.79. The van der Waals surface area contributed by atoms with Gasteiger partial charge in [-0.2, -0.15) is 4.31 Å². The molecule has 0 radical (unpaired) electrons. The van der Waals surface area contributed by atoms with Gasteiger partial charge in [0, 0.05) is 31.6 Å². The molecule has 7 nitrogen and oxygen atoms in total. The summed E-state index contributed by atoms with van der Waals surface area (Å²) >= 11 is 0. The molecule has 2 saturated heterocycles. The first kappa shape index (κ1) is 16.7. The monoisotopic (exact) mass is 366 g/mol. The molecule has 0 saturated carbocycles. The Morgan fingerprint density at radius 2 is 1.88 bits per heavy atom. The first-order valence-electron chi connectivity index (χ1n) is 8.70. The van der Waals surface area contributed by atoms with Crippen molar-refractivity contribution < 1.29 is 22.7 Å². The number of sulfonamides is 1. The van der Waals surface area contributed by atoms with Crippen LogP contribution in [0.4, 0.5) is 0 Å². The van der Waals surface area contributed by atoms with Gasteiger partial charge in [-0.1, -0.05) is 0 Å². The average molecular weight is 366 g/mol. The van der Waals surface area contributed by atoms with Gasteiger partial charge in [-0.05, 0) is 31.9 Å². The number of fused-ring (bicyclic) bond motifs is 2. The molecule has 3 heterocycles. The molecular weight excluding hydrogens is 344 g/mol. The fraction of sp³-hybridized carbons (Fsp3) is 0.588. The molecule has 1 aromatic rings. The summed E-state index contributed by atoms with van der Waals surface area (Å²) in [5.41, 5.74) is 0. The van der Waals surface area contributed by atoms with E-state index >= 15 is 0 Å². The zero-order valence-electron chi connectivity index (χ0n) is 14.2. The van der Waals surface area contributed by atoms with Crippen LogP contribution in [0.1, 0.15) is 26.2 Å². The lowest BCUT2D eigenvalue weighted by atomic mass is 10.1. The third kappa shape index (κ3) is 2.77. The summed E-state index contributed by atoms with van der Waals surface area (Å²) in [5, 5.41) is 0. The fourth-order valence-electron chi connectivity index (χ4n) is 3.79. The molecule has 8 heteroatoms. The van der Waals surface area contributed by atoms with Gasteiger partial charge in [-0.15, -0.1) is 0 Å².